The fraction of sp³-hybridized carbons (Fsp3) is 0.370. The SMILES string of the molecule is Cc1ncsc1-c1ccc([C@H](C)NC(=O)[C@@H]2C[C@@H](O)CN2C(=O)[C@H](C(C)C)n2cc(-c3cccc(OC4CC(NC(=O)C[C@@H]5N=C(c6ccc(Cl)cc6)c6c(sc(C)c6C)-n6c(C)nnc65)C4)c3)cn2)cc1. The maximum atomic E-state index is 14.4. The number of carbonyl (C=O) groups is 3. The molecule has 1 saturated heterocycles. The lowest BCUT2D eigenvalue weighted by molar-refractivity contribution is -0.142. The van der Waals surface area contributed by atoms with Crippen molar-refractivity contribution in [1.82, 2.24) is 45.1 Å². The number of amides is 3. The third-order valence-electron chi connectivity index (χ3n) is 14.1. The normalized spacial score (nSPS) is 20.2. The van der Waals surface area contributed by atoms with Crippen molar-refractivity contribution in [2.24, 2.45) is 10.9 Å². The average molecular weight is 1030 g/mol. The van der Waals surface area contributed by atoms with Gasteiger partial charge in [-0.15, -0.1) is 32.9 Å². The Balaban J connectivity index is 0.762. The highest BCUT2D eigenvalue weighted by Crippen LogP contribution is 2.40. The van der Waals surface area contributed by atoms with Crippen molar-refractivity contribution >= 4 is 57.7 Å². The van der Waals surface area contributed by atoms with E-state index in [9.17, 15) is 19.5 Å². The van der Waals surface area contributed by atoms with Gasteiger partial charge in [0.2, 0.25) is 17.7 Å². The Labute approximate surface area is 431 Å². The zero-order valence-corrected chi connectivity index (χ0v) is 43.6. The molecule has 3 amide bonds. The zero-order chi connectivity index (χ0) is 50.5. The number of aliphatic hydroxyl groups is 1. The molecule has 372 valence electrons. The van der Waals surface area contributed by atoms with Gasteiger partial charge in [-0.1, -0.05) is 74.0 Å². The molecule has 0 spiro atoms. The van der Waals surface area contributed by atoms with Crippen molar-refractivity contribution in [3.63, 3.8) is 0 Å². The third-order valence-corrected chi connectivity index (χ3v) is 16.5. The molecular formula is C54H57ClN10O5S2. The molecule has 2 fully saturated rings. The number of β-amino-alcohol motifs (C(OH)–C–C–N with tert-alkyl or cyclic N) is 1. The molecule has 4 aromatic heterocycles. The first-order valence-corrected chi connectivity index (χ1v) is 26.4. The van der Waals surface area contributed by atoms with Crippen LogP contribution in [-0.2, 0) is 14.4 Å². The van der Waals surface area contributed by atoms with Gasteiger partial charge < -0.3 is 25.4 Å². The molecule has 7 aromatic rings. The van der Waals surface area contributed by atoms with Crippen LogP contribution in [-0.4, -0.2) is 93.8 Å². The Morgan fingerprint density at radius 2 is 1.67 bits per heavy atom. The Bertz CT molecular complexity index is 3190. The van der Waals surface area contributed by atoms with Gasteiger partial charge in [-0.2, -0.15) is 5.10 Å². The van der Waals surface area contributed by atoms with Crippen LogP contribution in [0, 0.1) is 33.6 Å². The number of hydrogen-bond donors (Lipinski definition) is 3. The molecule has 72 heavy (non-hydrogen) atoms. The van der Waals surface area contributed by atoms with Gasteiger partial charge >= 0.3 is 0 Å². The maximum Gasteiger partial charge on any atom is 0.248 e. The van der Waals surface area contributed by atoms with Crippen molar-refractivity contribution in [2.75, 3.05) is 6.54 Å². The van der Waals surface area contributed by atoms with Crippen LogP contribution in [0.1, 0.15) is 109 Å². The van der Waals surface area contributed by atoms with E-state index >= 15 is 0 Å². The smallest absolute Gasteiger partial charge is 0.248 e. The van der Waals surface area contributed by atoms with E-state index < -0.39 is 24.2 Å². The molecule has 0 unspecified atom stereocenters. The lowest BCUT2D eigenvalue weighted by Crippen LogP contribution is -2.49. The Kier molecular flexibility index (Phi) is 13.7. The number of halogens is 1. The summed E-state index contributed by atoms with van der Waals surface area (Å²) in [5, 5.41) is 32.4. The molecule has 10 rings (SSSR count). The van der Waals surface area contributed by atoms with E-state index in [-0.39, 0.29) is 61.2 Å². The van der Waals surface area contributed by atoms with Gasteiger partial charge in [0.15, 0.2) is 5.82 Å². The number of aliphatic imine (C=N–C) groups is 1. The number of carbonyl (C=O) groups excluding carboxylic acids is 3. The summed E-state index contributed by atoms with van der Waals surface area (Å²) < 4.78 is 10.1. The van der Waals surface area contributed by atoms with Gasteiger partial charge in [-0.05, 0) is 87.1 Å². The highest BCUT2D eigenvalue weighted by atomic mass is 35.5. The largest absolute Gasteiger partial charge is 0.490 e. The molecule has 6 heterocycles. The van der Waals surface area contributed by atoms with Gasteiger partial charge in [-0.3, -0.25) is 28.6 Å². The van der Waals surface area contributed by atoms with E-state index in [1.54, 1.807) is 33.6 Å². The first-order valence-electron chi connectivity index (χ1n) is 24.4. The van der Waals surface area contributed by atoms with Crippen molar-refractivity contribution in [1.29, 1.82) is 0 Å². The van der Waals surface area contributed by atoms with Crippen LogP contribution < -0.4 is 15.4 Å². The second-order valence-corrected chi connectivity index (χ2v) is 22.0. The van der Waals surface area contributed by atoms with Gasteiger partial charge in [0, 0.05) is 64.6 Å². The quantitative estimate of drug-likeness (QED) is 0.0957. The van der Waals surface area contributed by atoms with Crippen molar-refractivity contribution < 1.29 is 24.2 Å². The maximum absolute atomic E-state index is 14.4. The summed E-state index contributed by atoms with van der Waals surface area (Å²) in [5.41, 5.74) is 10.3. The number of thiazole rings is 1. The Morgan fingerprint density at radius 1 is 0.917 bits per heavy atom. The minimum atomic E-state index is -0.834. The van der Waals surface area contributed by atoms with Gasteiger partial charge in [-0.25, -0.2) is 4.98 Å². The van der Waals surface area contributed by atoms with E-state index in [0.29, 0.717) is 29.4 Å². The van der Waals surface area contributed by atoms with E-state index in [1.165, 1.54) is 9.78 Å². The number of likely N-dealkylation sites (tertiary alicyclic amines) is 1. The number of nitrogens with zero attached hydrogens (tertiary/aromatic N) is 8. The first-order chi connectivity index (χ1) is 34.6. The predicted octanol–water partition coefficient (Wildman–Crippen LogP) is 9.25. The number of aromatic nitrogens is 6. The van der Waals surface area contributed by atoms with Gasteiger partial charge in [0.1, 0.15) is 40.8 Å². The summed E-state index contributed by atoms with van der Waals surface area (Å²) in [5.74, 6) is 1.16. The highest BCUT2D eigenvalue weighted by Gasteiger charge is 2.43. The second-order valence-electron chi connectivity index (χ2n) is 19.5. The van der Waals surface area contributed by atoms with Crippen LogP contribution in [0.5, 0.6) is 5.75 Å². The third kappa shape index (κ3) is 9.74. The van der Waals surface area contributed by atoms with Crippen LogP contribution in [0.4, 0.5) is 0 Å². The fourth-order valence-electron chi connectivity index (χ4n) is 10.0. The summed E-state index contributed by atoms with van der Waals surface area (Å²) in [4.78, 5) is 55.4. The van der Waals surface area contributed by atoms with Crippen LogP contribution >= 0.6 is 34.3 Å². The average Bonchev–Trinajstić information content (AvgIpc) is 4.19. The number of nitrogens with one attached hydrogen (secondary N) is 2. The number of benzene rings is 3. The van der Waals surface area contributed by atoms with Crippen LogP contribution in [0.2, 0.25) is 5.02 Å². The number of aliphatic hydroxyl groups excluding tert-OH is 1. The van der Waals surface area contributed by atoms with Crippen LogP contribution in [0.15, 0.2) is 95.7 Å². The molecule has 0 radical (unpaired) electrons. The Morgan fingerprint density at radius 3 is 2.39 bits per heavy atom. The number of aryl methyl sites for hydroxylation is 3. The molecule has 15 nitrogen and oxygen atoms in total. The molecule has 18 heteroatoms. The summed E-state index contributed by atoms with van der Waals surface area (Å²) in [6, 6.07) is 20.9. The topological polar surface area (TPSA) is 182 Å². The van der Waals surface area contributed by atoms with Crippen molar-refractivity contribution in [2.45, 2.75) is 117 Å². The lowest BCUT2D eigenvalue weighted by atomic mass is 9.89. The van der Waals surface area contributed by atoms with Crippen molar-refractivity contribution in [3.05, 3.63) is 140 Å². The molecule has 1 saturated carbocycles. The van der Waals surface area contributed by atoms with Crippen molar-refractivity contribution in [3.8, 4) is 32.3 Å². The molecule has 2 aliphatic heterocycles. The number of rotatable bonds is 14. The van der Waals surface area contributed by atoms with Gasteiger partial charge in [0.25, 0.3) is 0 Å². The predicted molar refractivity (Wildman–Crippen MR) is 280 cm³/mol. The molecule has 3 aliphatic rings. The van der Waals surface area contributed by atoms with E-state index in [2.05, 4.69) is 44.8 Å². The fourth-order valence-corrected chi connectivity index (χ4v) is 12.2. The summed E-state index contributed by atoms with van der Waals surface area (Å²) >= 11 is 9.55. The molecule has 3 N–H and O–H groups in total. The molecular weight excluding hydrogens is 968 g/mol. The number of ether oxygens (including phenoxy) is 1. The van der Waals surface area contributed by atoms with E-state index in [1.807, 2.05) is 124 Å². The summed E-state index contributed by atoms with van der Waals surface area (Å²) in [6.07, 6.45) is 4.18. The zero-order valence-electron chi connectivity index (χ0n) is 41.2. The second kappa shape index (κ2) is 20.2. The number of thiophene rings is 1. The lowest BCUT2D eigenvalue weighted by Gasteiger charge is -2.36. The number of hydrogen-bond acceptors (Lipinski definition) is 12. The minimum absolute atomic E-state index is 0.0529. The van der Waals surface area contributed by atoms with Crippen LogP contribution in [0.3, 0.4) is 0 Å². The summed E-state index contributed by atoms with van der Waals surface area (Å²) in [6.45, 7) is 14.0. The monoisotopic (exact) mass is 1020 g/mol. The van der Waals surface area contributed by atoms with Crippen LogP contribution in [0.25, 0.3) is 26.6 Å². The Hall–Kier alpha value is -6.53. The first kappa shape index (κ1) is 49.1. The highest BCUT2D eigenvalue weighted by molar-refractivity contribution is 7.15. The van der Waals surface area contributed by atoms with E-state index in [4.69, 9.17) is 21.3 Å². The standard InChI is InChI=1S/C54H57ClN10O5S2/c1-28(2)49(53(69)63-26-41(66)22-45(63)52(68)58-30(4)34-11-13-36(14-12-34)50-31(5)56-27-71-50)64-25-38(24-57-64)37-9-8-10-42(19-37)70-43-20-40(21-43)59-46(67)23-44-51-62-61-33(7)65(51)54-47(29(3)32(6)72-54)48(60-44)35-15-17-39(55)18-16-35/h8-19,24-25,27-28,30,40-41,43-45,49,66H,20-23,26H2,1-7H3,(H,58,68)(H,59,67)/t30-,40?,41+,43?,44-,45-,49-/m0/s1. The molecule has 5 atom stereocenters. The minimum Gasteiger partial charge on any atom is -0.490 e. The number of fused-ring (bicyclic) bond motifs is 3. The van der Waals surface area contributed by atoms with Gasteiger partial charge in [0.05, 0.1) is 46.6 Å². The summed E-state index contributed by atoms with van der Waals surface area (Å²) in [7, 11) is 0. The molecule has 0 bridgehead atoms. The van der Waals surface area contributed by atoms with E-state index in [0.717, 1.165) is 66.1 Å². The molecule has 3 aromatic carbocycles. The molecule has 1 aliphatic carbocycles.